The molecule has 0 aliphatic rings. The van der Waals surface area contributed by atoms with Crippen LogP contribution in [0.1, 0.15) is 25.3 Å². The van der Waals surface area contributed by atoms with E-state index in [4.69, 9.17) is 11.6 Å². The van der Waals surface area contributed by atoms with E-state index in [0.29, 0.717) is 5.95 Å². The Hall–Kier alpha value is -1.81. The van der Waals surface area contributed by atoms with Gasteiger partial charge in [0.15, 0.2) is 0 Å². The van der Waals surface area contributed by atoms with E-state index in [1.165, 1.54) is 6.42 Å². The summed E-state index contributed by atoms with van der Waals surface area (Å²) in [5.41, 5.74) is 1.92. The van der Waals surface area contributed by atoms with Crippen LogP contribution < -0.4 is 10.2 Å². The van der Waals surface area contributed by atoms with Crippen LogP contribution in [0, 0.1) is 6.92 Å². The maximum atomic E-state index is 6.13. The van der Waals surface area contributed by atoms with Crippen molar-refractivity contribution in [1.82, 2.24) is 9.97 Å². The second-order valence-electron chi connectivity index (χ2n) is 5.05. The Morgan fingerprint density at radius 1 is 1.29 bits per heavy atom. The Kier molecular flexibility index (Phi) is 5.39. The van der Waals surface area contributed by atoms with Crippen LogP contribution in [0.2, 0.25) is 5.02 Å². The van der Waals surface area contributed by atoms with Gasteiger partial charge in [-0.3, -0.25) is 0 Å². The molecule has 21 heavy (non-hydrogen) atoms. The highest BCUT2D eigenvalue weighted by Crippen LogP contribution is 2.25. The molecule has 0 aliphatic carbocycles. The summed E-state index contributed by atoms with van der Waals surface area (Å²) in [5, 5.41) is 3.96. The van der Waals surface area contributed by atoms with Gasteiger partial charge in [-0.25, -0.2) is 4.98 Å². The second-order valence-corrected chi connectivity index (χ2v) is 5.46. The molecule has 1 aromatic carbocycles. The molecule has 2 rings (SSSR count). The van der Waals surface area contributed by atoms with Crippen molar-refractivity contribution >= 4 is 29.1 Å². The van der Waals surface area contributed by atoms with Gasteiger partial charge < -0.3 is 10.2 Å². The molecule has 112 valence electrons. The van der Waals surface area contributed by atoms with E-state index in [-0.39, 0.29) is 0 Å². The molecule has 0 amide bonds. The minimum absolute atomic E-state index is 0.584. The fraction of sp³-hybridized carbons (Fsp3) is 0.375. The van der Waals surface area contributed by atoms with Gasteiger partial charge in [-0.1, -0.05) is 31.0 Å². The molecule has 0 unspecified atom stereocenters. The summed E-state index contributed by atoms with van der Waals surface area (Å²) in [6, 6.07) is 7.68. The maximum Gasteiger partial charge on any atom is 0.229 e. The number of nitrogens with one attached hydrogen (secondary N) is 1. The molecule has 0 bridgehead atoms. The highest BCUT2D eigenvalue weighted by Gasteiger charge is 2.07. The van der Waals surface area contributed by atoms with Crippen molar-refractivity contribution in [3.05, 3.63) is 41.0 Å². The molecule has 0 atom stereocenters. The first-order valence-electron chi connectivity index (χ1n) is 7.18. The summed E-state index contributed by atoms with van der Waals surface area (Å²) in [6.45, 7) is 5.15. The largest absolute Gasteiger partial charge is 0.360 e. The third-order valence-corrected chi connectivity index (χ3v) is 3.80. The van der Waals surface area contributed by atoms with E-state index in [9.17, 15) is 0 Å². The lowest BCUT2D eigenvalue weighted by atomic mass is 10.2. The third-order valence-electron chi connectivity index (χ3n) is 3.39. The van der Waals surface area contributed by atoms with Crippen molar-refractivity contribution in [2.45, 2.75) is 26.7 Å². The molecular weight excluding hydrogens is 284 g/mol. The average Bonchev–Trinajstić information content (AvgIpc) is 2.50. The zero-order chi connectivity index (χ0) is 15.2. The first-order chi connectivity index (χ1) is 10.1. The number of nitrogens with zero attached hydrogens (tertiary/aromatic N) is 3. The average molecular weight is 305 g/mol. The van der Waals surface area contributed by atoms with Crippen LogP contribution in [0.3, 0.4) is 0 Å². The zero-order valence-corrected chi connectivity index (χ0v) is 13.5. The SMILES string of the molecule is CCCCN(C)c1ccnc(Nc2cccc(Cl)c2C)n1. The van der Waals surface area contributed by atoms with E-state index in [1.54, 1.807) is 6.20 Å². The fourth-order valence-electron chi connectivity index (χ4n) is 2.00. The van der Waals surface area contributed by atoms with E-state index in [2.05, 4.69) is 27.1 Å². The predicted octanol–water partition coefficient (Wildman–Crippen LogP) is 4.42. The molecule has 0 saturated carbocycles. The van der Waals surface area contributed by atoms with Crippen LogP contribution in [0.25, 0.3) is 0 Å². The molecule has 5 heteroatoms. The molecule has 1 aromatic heterocycles. The smallest absolute Gasteiger partial charge is 0.229 e. The maximum absolute atomic E-state index is 6.13. The number of benzene rings is 1. The Morgan fingerprint density at radius 3 is 2.86 bits per heavy atom. The summed E-state index contributed by atoms with van der Waals surface area (Å²) < 4.78 is 0. The first-order valence-corrected chi connectivity index (χ1v) is 7.56. The van der Waals surface area contributed by atoms with Gasteiger partial charge in [-0.2, -0.15) is 4.98 Å². The number of halogens is 1. The number of hydrogen-bond acceptors (Lipinski definition) is 4. The molecule has 1 heterocycles. The van der Waals surface area contributed by atoms with Gasteiger partial charge in [-0.15, -0.1) is 0 Å². The molecular formula is C16H21ClN4. The number of unbranched alkanes of at least 4 members (excludes halogenated alkanes) is 1. The van der Waals surface area contributed by atoms with Gasteiger partial charge in [0, 0.05) is 30.5 Å². The van der Waals surface area contributed by atoms with Crippen LogP contribution in [0.15, 0.2) is 30.5 Å². The van der Waals surface area contributed by atoms with Crippen molar-refractivity contribution in [3.63, 3.8) is 0 Å². The van der Waals surface area contributed by atoms with E-state index >= 15 is 0 Å². The summed E-state index contributed by atoms with van der Waals surface area (Å²) in [7, 11) is 2.05. The molecule has 0 fully saturated rings. The molecule has 1 N–H and O–H groups in total. The summed E-state index contributed by atoms with van der Waals surface area (Å²) in [4.78, 5) is 11.0. The lowest BCUT2D eigenvalue weighted by molar-refractivity contribution is 0.759. The van der Waals surface area contributed by atoms with Crippen molar-refractivity contribution in [2.24, 2.45) is 0 Å². The number of aromatic nitrogens is 2. The lowest BCUT2D eigenvalue weighted by Crippen LogP contribution is -2.20. The minimum atomic E-state index is 0.584. The van der Waals surface area contributed by atoms with Crippen molar-refractivity contribution < 1.29 is 0 Å². The summed E-state index contributed by atoms with van der Waals surface area (Å²) >= 11 is 6.13. The van der Waals surface area contributed by atoms with Crippen LogP contribution in [-0.4, -0.2) is 23.6 Å². The van der Waals surface area contributed by atoms with Gasteiger partial charge in [0.1, 0.15) is 5.82 Å². The number of anilines is 3. The van der Waals surface area contributed by atoms with Gasteiger partial charge >= 0.3 is 0 Å². The van der Waals surface area contributed by atoms with Crippen LogP contribution >= 0.6 is 11.6 Å². The molecule has 0 spiro atoms. The molecule has 0 aliphatic heterocycles. The molecule has 2 aromatic rings. The van der Waals surface area contributed by atoms with Crippen LogP contribution in [0.5, 0.6) is 0 Å². The van der Waals surface area contributed by atoms with Crippen LogP contribution in [-0.2, 0) is 0 Å². The summed E-state index contributed by atoms with van der Waals surface area (Å²) in [5.74, 6) is 1.50. The highest BCUT2D eigenvalue weighted by atomic mass is 35.5. The van der Waals surface area contributed by atoms with Crippen molar-refractivity contribution in [2.75, 3.05) is 23.8 Å². The Labute approximate surface area is 131 Å². The van der Waals surface area contributed by atoms with Gasteiger partial charge in [-0.05, 0) is 37.1 Å². The second kappa shape index (κ2) is 7.27. The van der Waals surface area contributed by atoms with Gasteiger partial charge in [0.25, 0.3) is 0 Å². The topological polar surface area (TPSA) is 41.1 Å². The van der Waals surface area contributed by atoms with Crippen LogP contribution in [0.4, 0.5) is 17.5 Å². The molecule has 4 nitrogen and oxygen atoms in total. The third kappa shape index (κ3) is 4.08. The standard InChI is InChI=1S/C16H21ClN4/c1-4-5-11-21(3)15-9-10-18-16(20-15)19-14-8-6-7-13(17)12(14)2/h6-10H,4-5,11H2,1-3H3,(H,18,19,20). The normalized spacial score (nSPS) is 10.5. The molecule has 0 radical (unpaired) electrons. The summed E-state index contributed by atoms with van der Waals surface area (Å²) in [6.07, 6.45) is 4.09. The van der Waals surface area contributed by atoms with Gasteiger partial charge in [0.05, 0.1) is 0 Å². The quantitative estimate of drug-likeness (QED) is 0.858. The predicted molar refractivity (Wildman–Crippen MR) is 89.7 cm³/mol. The lowest BCUT2D eigenvalue weighted by Gasteiger charge is -2.18. The van der Waals surface area contributed by atoms with E-state index in [0.717, 1.165) is 35.1 Å². The number of hydrogen-bond donors (Lipinski definition) is 1. The molecule has 0 saturated heterocycles. The number of rotatable bonds is 6. The fourth-order valence-corrected chi connectivity index (χ4v) is 2.17. The monoisotopic (exact) mass is 304 g/mol. The van der Waals surface area contributed by atoms with Crippen molar-refractivity contribution in [1.29, 1.82) is 0 Å². The van der Waals surface area contributed by atoms with Gasteiger partial charge in [0.2, 0.25) is 5.95 Å². The van der Waals surface area contributed by atoms with E-state index in [1.807, 2.05) is 38.2 Å². The first kappa shape index (κ1) is 15.6. The Balaban J connectivity index is 2.16. The minimum Gasteiger partial charge on any atom is -0.360 e. The van der Waals surface area contributed by atoms with Crippen molar-refractivity contribution in [3.8, 4) is 0 Å². The highest BCUT2D eigenvalue weighted by molar-refractivity contribution is 6.31. The Morgan fingerprint density at radius 2 is 2.10 bits per heavy atom. The zero-order valence-electron chi connectivity index (χ0n) is 12.7. The van der Waals surface area contributed by atoms with E-state index < -0.39 is 0 Å². The Bertz CT molecular complexity index is 601.